The van der Waals surface area contributed by atoms with Gasteiger partial charge in [0.25, 0.3) is 0 Å². The predicted molar refractivity (Wildman–Crippen MR) is 72.3 cm³/mol. The minimum absolute atomic E-state index is 0.300. The molecule has 0 saturated carbocycles. The number of benzene rings is 1. The van der Waals surface area contributed by atoms with Gasteiger partial charge in [-0.25, -0.2) is 0 Å². The number of rotatable bonds is 3. The second-order valence-electron chi connectivity index (χ2n) is 5.22. The molecule has 3 rings (SSSR count). The summed E-state index contributed by atoms with van der Waals surface area (Å²) in [6.07, 6.45) is 3.92. The Hall–Kier alpha value is -1.81. The van der Waals surface area contributed by atoms with E-state index < -0.39 is 6.10 Å². The van der Waals surface area contributed by atoms with Crippen molar-refractivity contribution in [3.63, 3.8) is 0 Å². The minimum atomic E-state index is -0.626. The molecule has 0 radical (unpaired) electrons. The highest BCUT2D eigenvalue weighted by molar-refractivity contribution is 5.42. The molecule has 1 atom stereocenters. The molecule has 4 nitrogen and oxygen atoms in total. The molecule has 2 heterocycles. The maximum absolute atomic E-state index is 10.4. The lowest BCUT2D eigenvalue weighted by Crippen LogP contribution is -2.01. The molecule has 0 bridgehead atoms. The molecule has 2 aromatic rings. The van der Waals surface area contributed by atoms with Gasteiger partial charge < -0.3 is 9.84 Å². The Morgan fingerprint density at radius 1 is 1.32 bits per heavy atom. The maximum atomic E-state index is 10.4. The Kier molecular flexibility index (Phi) is 3.03. The quantitative estimate of drug-likeness (QED) is 0.920. The van der Waals surface area contributed by atoms with E-state index in [1.165, 1.54) is 5.56 Å². The van der Waals surface area contributed by atoms with Crippen molar-refractivity contribution < 1.29 is 9.84 Å². The highest BCUT2D eigenvalue weighted by atomic mass is 16.5. The van der Waals surface area contributed by atoms with Crippen LogP contribution in [0.3, 0.4) is 0 Å². The van der Waals surface area contributed by atoms with Crippen molar-refractivity contribution in [1.29, 1.82) is 0 Å². The summed E-state index contributed by atoms with van der Waals surface area (Å²) in [5, 5.41) is 14.7. The highest BCUT2D eigenvalue weighted by Crippen LogP contribution is 2.30. The molecule has 1 aromatic carbocycles. The molecule has 0 amide bonds. The number of ether oxygens (including phenoxy) is 1. The summed E-state index contributed by atoms with van der Waals surface area (Å²) in [6, 6.07) is 6.18. The number of aromatic nitrogens is 2. The van der Waals surface area contributed by atoms with Gasteiger partial charge in [0, 0.05) is 24.2 Å². The third kappa shape index (κ3) is 2.24. The average molecular weight is 258 g/mol. The van der Waals surface area contributed by atoms with Gasteiger partial charge in [0.2, 0.25) is 0 Å². The van der Waals surface area contributed by atoms with Crippen LogP contribution >= 0.6 is 0 Å². The molecule has 1 aliphatic rings. The third-order valence-corrected chi connectivity index (χ3v) is 3.50. The van der Waals surface area contributed by atoms with Gasteiger partial charge in [-0.3, -0.25) is 4.68 Å². The van der Waals surface area contributed by atoms with Crippen molar-refractivity contribution >= 4 is 0 Å². The van der Waals surface area contributed by atoms with Crippen LogP contribution < -0.4 is 4.74 Å². The lowest BCUT2D eigenvalue weighted by Gasteiger charge is -2.10. The van der Waals surface area contributed by atoms with Gasteiger partial charge in [-0.1, -0.05) is 6.07 Å². The fourth-order valence-corrected chi connectivity index (χ4v) is 2.35. The average Bonchev–Trinajstić information content (AvgIpc) is 3.06. The van der Waals surface area contributed by atoms with Crippen LogP contribution in [0, 0.1) is 0 Å². The second kappa shape index (κ2) is 4.70. The van der Waals surface area contributed by atoms with E-state index >= 15 is 0 Å². The summed E-state index contributed by atoms with van der Waals surface area (Å²) in [5.74, 6) is 0.939. The van der Waals surface area contributed by atoms with Gasteiger partial charge in [-0.15, -0.1) is 0 Å². The molecule has 0 spiro atoms. The first kappa shape index (κ1) is 12.2. The molecule has 19 heavy (non-hydrogen) atoms. The Bertz CT molecular complexity index is 590. The Labute approximate surface area is 112 Å². The van der Waals surface area contributed by atoms with Gasteiger partial charge in [0.05, 0.1) is 12.8 Å². The number of nitrogens with zero attached hydrogens (tertiary/aromatic N) is 2. The van der Waals surface area contributed by atoms with Crippen molar-refractivity contribution in [2.45, 2.75) is 32.4 Å². The summed E-state index contributed by atoms with van der Waals surface area (Å²) in [5.41, 5.74) is 2.90. The van der Waals surface area contributed by atoms with Crippen LogP contribution in [0.2, 0.25) is 0 Å². The van der Waals surface area contributed by atoms with E-state index in [0.717, 1.165) is 29.9 Å². The van der Waals surface area contributed by atoms with E-state index in [4.69, 9.17) is 4.74 Å². The van der Waals surface area contributed by atoms with Gasteiger partial charge >= 0.3 is 0 Å². The first-order valence-corrected chi connectivity index (χ1v) is 6.63. The molecule has 1 aromatic heterocycles. The van der Waals surface area contributed by atoms with Crippen LogP contribution in [-0.4, -0.2) is 21.5 Å². The van der Waals surface area contributed by atoms with Crippen molar-refractivity contribution in [3.8, 4) is 5.75 Å². The molecule has 1 unspecified atom stereocenters. The summed E-state index contributed by atoms with van der Waals surface area (Å²) in [4.78, 5) is 0. The maximum Gasteiger partial charge on any atom is 0.122 e. The van der Waals surface area contributed by atoms with E-state index in [1.807, 2.05) is 29.1 Å². The van der Waals surface area contributed by atoms with Crippen LogP contribution in [0.5, 0.6) is 5.75 Å². The molecule has 4 heteroatoms. The molecule has 0 saturated heterocycles. The van der Waals surface area contributed by atoms with Crippen LogP contribution in [0.4, 0.5) is 0 Å². The molecule has 0 fully saturated rings. The number of aliphatic hydroxyl groups excluding tert-OH is 1. The Morgan fingerprint density at radius 2 is 2.16 bits per heavy atom. The molecular formula is C15H18N2O2. The van der Waals surface area contributed by atoms with Crippen LogP contribution in [0.1, 0.15) is 42.7 Å². The fourth-order valence-electron chi connectivity index (χ4n) is 2.35. The topological polar surface area (TPSA) is 47.3 Å². The molecular weight excluding hydrogens is 240 g/mol. The smallest absolute Gasteiger partial charge is 0.122 e. The zero-order chi connectivity index (χ0) is 13.4. The van der Waals surface area contributed by atoms with Crippen molar-refractivity contribution in [2.24, 2.45) is 0 Å². The van der Waals surface area contributed by atoms with Crippen LogP contribution in [-0.2, 0) is 6.42 Å². The summed E-state index contributed by atoms with van der Waals surface area (Å²) in [7, 11) is 0. The number of hydrogen-bond donors (Lipinski definition) is 1. The summed E-state index contributed by atoms with van der Waals surface area (Å²) < 4.78 is 7.33. The zero-order valence-corrected chi connectivity index (χ0v) is 11.2. The van der Waals surface area contributed by atoms with Crippen molar-refractivity contribution in [3.05, 3.63) is 47.3 Å². The standard InChI is InChI=1S/C15H18N2O2/c1-10(2)17-9-13(8-16-17)15(18)12-3-4-14-11(7-12)5-6-19-14/h3-4,7-10,15,18H,5-6H2,1-2H3. The van der Waals surface area contributed by atoms with Gasteiger partial charge in [-0.2, -0.15) is 5.10 Å². The molecule has 1 N–H and O–H groups in total. The Balaban J connectivity index is 1.88. The SMILES string of the molecule is CC(C)n1cc(C(O)c2ccc3c(c2)CCO3)cn1. The lowest BCUT2D eigenvalue weighted by atomic mass is 10.0. The van der Waals surface area contributed by atoms with E-state index in [2.05, 4.69) is 18.9 Å². The van der Waals surface area contributed by atoms with Gasteiger partial charge in [0.1, 0.15) is 11.9 Å². The molecule has 100 valence electrons. The number of hydrogen-bond acceptors (Lipinski definition) is 3. The third-order valence-electron chi connectivity index (χ3n) is 3.50. The van der Waals surface area contributed by atoms with E-state index in [1.54, 1.807) is 6.20 Å². The van der Waals surface area contributed by atoms with Crippen molar-refractivity contribution in [1.82, 2.24) is 9.78 Å². The van der Waals surface area contributed by atoms with Crippen LogP contribution in [0.15, 0.2) is 30.6 Å². The normalized spacial score (nSPS) is 15.4. The Morgan fingerprint density at radius 3 is 2.89 bits per heavy atom. The zero-order valence-electron chi connectivity index (χ0n) is 11.2. The second-order valence-corrected chi connectivity index (χ2v) is 5.22. The number of aliphatic hydroxyl groups is 1. The van der Waals surface area contributed by atoms with E-state index in [0.29, 0.717) is 6.04 Å². The van der Waals surface area contributed by atoms with Gasteiger partial charge in [-0.05, 0) is 37.1 Å². The summed E-state index contributed by atoms with van der Waals surface area (Å²) in [6.45, 7) is 4.87. The first-order chi connectivity index (χ1) is 9.15. The number of fused-ring (bicyclic) bond motifs is 1. The first-order valence-electron chi connectivity index (χ1n) is 6.63. The molecule has 1 aliphatic heterocycles. The fraction of sp³-hybridized carbons (Fsp3) is 0.400. The van der Waals surface area contributed by atoms with Crippen molar-refractivity contribution in [2.75, 3.05) is 6.61 Å². The lowest BCUT2D eigenvalue weighted by molar-refractivity contribution is 0.220. The summed E-state index contributed by atoms with van der Waals surface area (Å²) >= 11 is 0. The van der Waals surface area contributed by atoms with Crippen LogP contribution in [0.25, 0.3) is 0 Å². The van der Waals surface area contributed by atoms with E-state index in [-0.39, 0.29) is 0 Å². The van der Waals surface area contributed by atoms with Gasteiger partial charge in [0.15, 0.2) is 0 Å². The largest absolute Gasteiger partial charge is 0.493 e. The highest BCUT2D eigenvalue weighted by Gasteiger charge is 2.18. The monoisotopic (exact) mass is 258 g/mol. The predicted octanol–water partition coefficient (Wildman–Crippen LogP) is 2.48. The van der Waals surface area contributed by atoms with E-state index in [9.17, 15) is 5.11 Å². The minimum Gasteiger partial charge on any atom is -0.493 e. The molecule has 0 aliphatic carbocycles.